The van der Waals surface area contributed by atoms with Crippen molar-refractivity contribution < 1.29 is 14.3 Å². The van der Waals surface area contributed by atoms with Crippen molar-refractivity contribution in [3.05, 3.63) is 18.2 Å². The van der Waals surface area contributed by atoms with Crippen molar-refractivity contribution in [2.45, 2.75) is 44.1 Å². The summed E-state index contributed by atoms with van der Waals surface area (Å²) in [5.41, 5.74) is -1.02. The molecule has 0 spiro atoms. The fraction of sp³-hybridized carbons (Fsp3) is 0.583. The molecule has 1 fully saturated rings. The van der Waals surface area contributed by atoms with Crippen molar-refractivity contribution >= 4 is 11.9 Å². The fourth-order valence-electron chi connectivity index (χ4n) is 2.32. The number of hydrogen-bond acceptors (Lipinski definition) is 4. The van der Waals surface area contributed by atoms with Gasteiger partial charge in [0.2, 0.25) is 5.95 Å². The minimum atomic E-state index is -1.02. The molecule has 1 saturated carbocycles. The molecule has 2 N–H and O–H groups in total. The third kappa shape index (κ3) is 2.75. The van der Waals surface area contributed by atoms with Gasteiger partial charge in [-0.15, -0.1) is 0 Å². The van der Waals surface area contributed by atoms with Gasteiger partial charge in [-0.3, -0.25) is 0 Å². The number of hydrogen-bond donors (Lipinski definition) is 2. The highest BCUT2D eigenvalue weighted by Gasteiger charge is 2.39. The molecule has 0 saturated heterocycles. The van der Waals surface area contributed by atoms with E-state index in [1.165, 1.54) is 0 Å². The van der Waals surface area contributed by atoms with Crippen LogP contribution < -0.4 is 5.32 Å². The van der Waals surface area contributed by atoms with Crippen molar-refractivity contribution in [3.8, 4) is 0 Å². The third-order valence-electron chi connectivity index (χ3n) is 3.34. The Morgan fingerprint density at radius 2 is 1.78 bits per heavy atom. The van der Waals surface area contributed by atoms with Crippen LogP contribution in [0.2, 0.25) is 0 Å². The summed E-state index contributed by atoms with van der Waals surface area (Å²) in [7, 11) is 0. The van der Waals surface area contributed by atoms with Crippen LogP contribution in [0, 0.1) is 5.82 Å². The highest BCUT2D eigenvalue weighted by atomic mass is 19.1. The molecule has 2 rings (SSSR count). The molecule has 0 bridgehead atoms. The number of carboxylic acid groups (broad SMARTS) is 1. The van der Waals surface area contributed by atoms with Gasteiger partial charge in [0, 0.05) is 0 Å². The van der Waals surface area contributed by atoms with Crippen molar-refractivity contribution in [2.24, 2.45) is 0 Å². The maximum absolute atomic E-state index is 12.7. The number of anilines is 1. The Morgan fingerprint density at radius 3 is 2.28 bits per heavy atom. The van der Waals surface area contributed by atoms with E-state index in [4.69, 9.17) is 0 Å². The molecular formula is C12H16FN3O2. The molecule has 98 valence electrons. The molecular weight excluding hydrogens is 237 g/mol. The highest BCUT2D eigenvalue weighted by Crippen LogP contribution is 2.30. The van der Waals surface area contributed by atoms with E-state index >= 15 is 0 Å². The van der Waals surface area contributed by atoms with Gasteiger partial charge in [-0.1, -0.05) is 25.7 Å². The molecule has 6 heteroatoms. The third-order valence-corrected chi connectivity index (χ3v) is 3.34. The molecule has 1 heterocycles. The van der Waals surface area contributed by atoms with Crippen LogP contribution in [0.15, 0.2) is 12.4 Å². The first-order valence-electron chi connectivity index (χ1n) is 6.11. The van der Waals surface area contributed by atoms with E-state index in [-0.39, 0.29) is 5.95 Å². The van der Waals surface area contributed by atoms with Crippen LogP contribution in [-0.2, 0) is 4.79 Å². The average Bonchev–Trinajstić information content (AvgIpc) is 2.59. The molecule has 1 aliphatic rings. The Kier molecular flexibility index (Phi) is 3.74. The van der Waals surface area contributed by atoms with E-state index in [0.29, 0.717) is 12.8 Å². The standard InChI is InChI=1S/C12H16FN3O2/c13-9-7-14-11(15-8-9)16-12(10(17)18)5-3-1-2-4-6-12/h7-8H,1-6H2,(H,17,18)(H,14,15,16). The summed E-state index contributed by atoms with van der Waals surface area (Å²) in [4.78, 5) is 19.0. The molecule has 0 radical (unpaired) electrons. The number of halogens is 1. The maximum atomic E-state index is 12.7. The van der Waals surface area contributed by atoms with E-state index in [9.17, 15) is 14.3 Å². The lowest BCUT2D eigenvalue weighted by atomic mass is 9.90. The summed E-state index contributed by atoms with van der Waals surface area (Å²) in [6, 6.07) is 0. The maximum Gasteiger partial charge on any atom is 0.329 e. The van der Waals surface area contributed by atoms with Gasteiger partial charge in [0.25, 0.3) is 0 Å². The van der Waals surface area contributed by atoms with Crippen molar-refractivity contribution in [1.29, 1.82) is 0 Å². The smallest absolute Gasteiger partial charge is 0.329 e. The first-order valence-corrected chi connectivity index (χ1v) is 6.11. The molecule has 1 aromatic rings. The van der Waals surface area contributed by atoms with Gasteiger partial charge in [0.1, 0.15) is 5.54 Å². The number of carbonyl (C=O) groups is 1. The van der Waals surface area contributed by atoms with Gasteiger partial charge in [-0.25, -0.2) is 19.2 Å². The van der Waals surface area contributed by atoms with Crippen molar-refractivity contribution in [1.82, 2.24) is 9.97 Å². The Labute approximate surface area is 104 Å². The van der Waals surface area contributed by atoms with Gasteiger partial charge in [0.05, 0.1) is 12.4 Å². The molecule has 18 heavy (non-hydrogen) atoms. The minimum Gasteiger partial charge on any atom is -0.480 e. The van der Waals surface area contributed by atoms with Gasteiger partial charge < -0.3 is 10.4 Å². The van der Waals surface area contributed by atoms with E-state index in [1.807, 2.05) is 0 Å². The summed E-state index contributed by atoms with van der Waals surface area (Å²) in [6.07, 6.45) is 6.96. The fourth-order valence-corrected chi connectivity index (χ4v) is 2.32. The topological polar surface area (TPSA) is 75.1 Å². The predicted molar refractivity (Wildman–Crippen MR) is 63.7 cm³/mol. The van der Waals surface area contributed by atoms with E-state index in [1.54, 1.807) is 0 Å². The number of nitrogens with one attached hydrogen (secondary N) is 1. The first-order chi connectivity index (χ1) is 8.62. The second-order valence-corrected chi connectivity index (χ2v) is 4.65. The van der Waals surface area contributed by atoms with Crippen LogP contribution in [0.25, 0.3) is 0 Å². The molecule has 0 amide bonds. The van der Waals surface area contributed by atoms with Gasteiger partial charge in [-0.05, 0) is 12.8 Å². The predicted octanol–water partition coefficient (Wildman–Crippen LogP) is 2.21. The van der Waals surface area contributed by atoms with Crippen LogP contribution in [0.4, 0.5) is 10.3 Å². The quantitative estimate of drug-likeness (QED) is 0.808. The summed E-state index contributed by atoms with van der Waals surface area (Å²) < 4.78 is 12.7. The molecule has 5 nitrogen and oxygen atoms in total. The van der Waals surface area contributed by atoms with Crippen molar-refractivity contribution in [2.75, 3.05) is 5.32 Å². The number of aliphatic carboxylic acids is 1. The molecule has 1 aliphatic carbocycles. The Balaban J connectivity index is 2.19. The van der Waals surface area contributed by atoms with Gasteiger partial charge in [0.15, 0.2) is 5.82 Å². The summed E-state index contributed by atoms with van der Waals surface area (Å²) in [5, 5.41) is 12.3. The van der Waals surface area contributed by atoms with Crippen LogP contribution in [0.5, 0.6) is 0 Å². The van der Waals surface area contributed by atoms with Crippen LogP contribution >= 0.6 is 0 Å². The van der Waals surface area contributed by atoms with Gasteiger partial charge in [-0.2, -0.15) is 0 Å². The molecule has 0 unspecified atom stereocenters. The van der Waals surface area contributed by atoms with Crippen LogP contribution in [-0.4, -0.2) is 26.6 Å². The second-order valence-electron chi connectivity index (χ2n) is 4.65. The lowest BCUT2D eigenvalue weighted by molar-refractivity contribution is -0.142. The first kappa shape index (κ1) is 12.7. The Bertz CT molecular complexity index is 414. The van der Waals surface area contributed by atoms with Crippen LogP contribution in [0.1, 0.15) is 38.5 Å². The summed E-state index contributed by atoms with van der Waals surface area (Å²) in [5.74, 6) is -1.26. The summed E-state index contributed by atoms with van der Waals surface area (Å²) >= 11 is 0. The SMILES string of the molecule is O=C(O)C1(Nc2ncc(F)cn2)CCCCCC1. The minimum absolute atomic E-state index is 0.167. The number of carboxylic acids is 1. The summed E-state index contributed by atoms with van der Waals surface area (Å²) in [6.45, 7) is 0. The Morgan fingerprint density at radius 1 is 1.22 bits per heavy atom. The zero-order valence-electron chi connectivity index (χ0n) is 10.0. The zero-order chi connectivity index (χ0) is 13.0. The van der Waals surface area contributed by atoms with E-state index in [0.717, 1.165) is 38.1 Å². The van der Waals surface area contributed by atoms with E-state index < -0.39 is 17.3 Å². The van der Waals surface area contributed by atoms with Crippen molar-refractivity contribution in [3.63, 3.8) is 0 Å². The largest absolute Gasteiger partial charge is 0.480 e. The lowest BCUT2D eigenvalue weighted by Gasteiger charge is -2.29. The van der Waals surface area contributed by atoms with Gasteiger partial charge >= 0.3 is 5.97 Å². The second kappa shape index (κ2) is 5.29. The normalized spacial score (nSPS) is 18.9. The van der Waals surface area contributed by atoms with Crippen LogP contribution in [0.3, 0.4) is 0 Å². The molecule has 0 aliphatic heterocycles. The Hall–Kier alpha value is -1.72. The molecule has 0 aromatic carbocycles. The lowest BCUT2D eigenvalue weighted by Crippen LogP contribution is -2.46. The number of nitrogens with zero attached hydrogens (tertiary/aromatic N) is 2. The zero-order valence-corrected chi connectivity index (χ0v) is 10.0. The number of aromatic nitrogens is 2. The number of rotatable bonds is 3. The highest BCUT2D eigenvalue weighted by molar-refractivity contribution is 5.82. The monoisotopic (exact) mass is 253 g/mol. The molecule has 1 aromatic heterocycles. The van der Waals surface area contributed by atoms with E-state index in [2.05, 4.69) is 15.3 Å². The molecule has 0 atom stereocenters. The average molecular weight is 253 g/mol.